The zero-order chi connectivity index (χ0) is 14.9. The predicted octanol–water partition coefficient (Wildman–Crippen LogP) is 2.05. The Labute approximate surface area is 119 Å². The molecular weight excluding hydrogens is 278 g/mol. The number of rotatable bonds is 3. The summed E-state index contributed by atoms with van der Waals surface area (Å²) in [6.07, 6.45) is 1.03. The van der Waals surface area contributed by atoms with Crippen LogP contribution in [0.4, 0.5) is 0 Å². The maximum atomic E-state index is 12.5. The van der Waals surface area contributed by atoms with Gasteiger partial charge in [-0.15, -0.1) is 0 Å². The second-order valence-electron chi connectivity index (χ2n) is 5.60. The van der Waals surface area contributed by atoms with Crippen molar-refractivity contribution in [3.8, 4) is 0 Å². The summed E-state index contributed by atoms with van der Waals surface area (Å²) < 4.78 is 26.6. The lowest BCUT2D eigenvalue weighted by molar-refractivity contribution is 0.0696. The monoisotopic (exact) mass is 297 g/mol. The van der Waals surface area contributed by atoms with Crippen LogP contribution in [0.1, 0.15) is 30.6 Å². The summed E-state index contributed by atoms with van der Waals surface area (Å²) in [6, 6.07) is 5.38. The normalized spacial score (nSPS) is 24.5. The molecule has 110 valence electrons. The molecule has 20 heavy (non-hydrogen) atoms. The van der Waals surface area contributed by atoms with Crippen molar-refractivity contribution in [2.45, 2.75) is 25.2 Å². The summed E-state index contributed by atoms with van der Waals surface area (Å²) in [5.41, 5.74) is 0.0873. The molecule has 5 nitrogen and oxygen atoms in total. The molecule has 0 radical (unpaired) electrons. The highest BCUT2D eigenvalue weighted by atomic mass is 32.2. The van der Waals surface area contributed by atoms with Gasteiger partial charge in [0.15, 0.2) is 0 Å². The van der Waals surface area contributed by atoms with Crippen LogP contribution in [0, 0.1) is 11.8 Å². The van der Waals surface area contributed by atoms with E-state index in [1.807, 2.05) is 13.8 Å². The topological polar surface area (TPSA) is 74.7 Å². The van der Waals surface area contributed by atoms with Gasteiger partial charge in [-0.1, -0.05) is 13.8 Å². The Hall–Kier alpha value is -1.40. The van der Waals surface area contributed by atoms with Crippen molar-refractivity contribution in [1.29, 1.82) is 0 Å². The zero-order valence-electron chi connectivity index (χ0n) is 11.6. The van der Waals surface area contributed by atoms with Gasteiger partial charge in [0.25, 0.3) is 0 Å². The van der Waals surface area contributed by atoms with Crippen molar-refractivity contribution >= 4 is 16.0 Å². The van der Waals surface area contributed by atoms with Crippen molar-refractivity contribution in [2.24, 2.45) is 11.8 Å². The number of aromatic carboxylic acids is 1. The second kappa shape index (κ2) is 5.54. The van der Waals surface area contributed by atoms with E-state index in [4.69, 9.17) is 5.11 Å². The summed E-state index contributed by atoms with van der Waals surface area (Å²) in [6.45, 7) is 5.14. The lowest BCUT2D eigenvalue weighted by Gasteiger charge is -2.34. The molecule has 2 rings (SSSR count). The number of nitrogens with zero attached hydrogens (tertiary/aromatic N) is 1. The van der Waals surface area contributed by atoms with E-state index in [2.05, 4.69) is 0 Å². The van der Waals surface area contributed by atoms with E-state index in [0.29, 0.717) is 24.9 Å². The molecule has 0 bridgehead atoms. The highest BCUT2D eigenvalue weighted by molar-refractivity contribution is 7.89. The number of carboxylic acids is 1. The zero-order valence-corrected chi connectivity index (χ0v) is 12.4. The average molecular weight is 297 g/mol. The maximum Gasteiger partial charge on any atom is 0.335 e. The summed E-state index contributed by atoms with van der Waals surface area (Å²) in [5, 5.41) is 8.84. The second-order valence-corrected chi connectivity index (χ2v) is 7.54. The molecule has 6 heteroatoms. The number of sulfonamides is 1. The van der Waals surface area contributed by atoms with Crippen LogP contribution in [-0.4, -0.2) is 36.9 Å². The molecular formula is C14H19NO4S. The first-order valence-electron chi connectivity index (χ1n) is 6.64. The Balaban J connectivity index is 2.27. The van der Waals surface area contributed by atoms with Gasteiger partial charge in [-0.05, 0) is 42.5 Å². The van der Waals surface area contributed by atoms with Crippen LogP contribution in [0.3, 0.4) is 0 Å². The number of piperidine rings is 1. The average Bonchev–Trinajstić information content (AvgIpc) is 2.37. The Morgan fingerprint density at radius 1 is 1.15 bits per heavy atom. The SMILES string of the molecule is C[C@@H]1C[C@H](C)CN(S(=O)(=O)c2ccc(C(=O)O)cc2)C1. The van der Waals surface area contributed by atoms with Crippen LogP contribution in [0.2, 0.25) is 0 Å². The number of carbonyl (C=O) groups is 1. The Bertz CT molecular complexity index is 584. The van der Waals surface area contributed by atoms with Crippen molar-refractivity contribution in [3.05, 3.63) is 29.8 Å². The van der Waals surface area contributed by atoms with E-state index in [1.54, 1.807) is 0 Å². The van der Waals surface area contributed by atoms with E-state index < -0.39 is 16.0 Å². The molecule has 0 spiro atoms. The van der Waals surface area contributed by atoms with Gasteiger partial charge in [-0.3, -0.25) is 0 Å². The molecule has 1 aromatic carbocycles. The van der Waals surface area contributed by atoms with Crippen molar-refractivity contribution < 1.29 is 18.3 Å². The fourth-order valence-corrected chi connectivity index (χ4v) is 4.40. The highest BCUT2D eigenvalue weighted by Gasteiger charge is 2.31. The number of benzene rings is 1. The smallest absolute Gasteiger partial charge is 0.335 e. The van der Waals surface area contributed by atoms with Gasteiger partial charge >= 0.3 is 5.97 Å². The number of carboxylic acid groups (broad SMARTS) is 1. The molecule has 1 aromatic rings. The van der Waals surface area contributed by atoms with Crippen LogP contribution in [0.25, 0.3) is 0 Å². The maximum absolute atomic E-state index is 12.5. The molecule has 0 aliphatic carbocycles. The molecule has 1 aliphatic heterocycles. The van der Waals surface area contributed by atoms with Crippen LogP contribution >= 0.6 is 0 Å². The van der Waals surface area contributed by atoms with Crippen LogP contribution in [0.5, 0.6) is 0 Å². The summed E-state index contributed by atoms with van der Waals surface area (Å²) in [7, 11) is -3.53. The van der Waals surface area contributed by atoms with Crippen LogP contribution < -0.4 is 0 Å². The lowest BCUT2D eigenvalue weighted by atomic mass is 9.94. The number of hydrogen-bond donors (Lipinski definition) is 1. The van der Waals surface area contributed by atoms with Crippen LogP contribution in [0.15, 0.2) is 29.2 Å². The third kappa shape index (κ3) is 3.02. The lowest BCUT2D eigenvalue weighted by Crippen LogP contribution is -2.42. The highest BCUT2D eigenvalue weighted by Crippen LogP contribution is 2.26. The third-order valence-electron chi connectivity index (χ3n) is 3.57. The fourth-order valence-electron chi connectivity index (χ4n) is 2.72. The molecule has 2 atom stereocenters. The molecule has 0 amide bonds. The minimum absolute atomic E-state index is 0.0873. The minimum Gasteiger partial charge on any atom is -0.478 e. The van der Waals surface area contributed by atoms with E-state index in [0.717, 1.165) is 6.42 Å². The van der Waals surface area contributed by atoms with Crippen molar-refractivity contribution in [1.82, 2.24) is 4.31 Å². The molecule has 1 heterocycles. The van der Waals surface area contributed by atoms with E-state index >= 15 is 0 Å². The minimum atomic E-state index is -3.53. The van der Waals surface area contributed by atoms with Gasteiger partial charge in [-0.25, -0.2) is 13.2 Å². The van der Waals surface area contributed by atoms with Crippen molar-refractivity contribution in [2.75, 3.05) is 13.1 Å². The largest absolute Gasteiger partial charge is 0.478 e. The van der Waals surface area contributed by atoms with Gasteiger partial charge in [-0.2, -0.15) is 4.31 Å². The standard InChI is InChI=1S/C14H19NO4S/c1-10-7-11(2)9-15(8-10)20(18,19)13-5-3-12(4-6-13)14(16)17/h3-6,10-11H,7-9H2,1-2H3,(H,16,17)/t10-,11+. The first-order chi connectivity index (χ1) is 9.30. The Morgan fingerprint density at radius 2 is 1.65 bits per heavy atom. The first kappa shape index (κ1) is 15.0. The third-order valence-corrected chi connectivity index (χ3v) is 5.42. The Morgan fingerprint density at radius 3 is 2.10 bits per heavy atom. The van der Waals surface area contributed by atoms with Gasteiger partial charge in [0, 0.05) is 13.1 Å². The van der Waals surface area contributed by atoms with Gasteiger partial charge < -0.3 is 5.11 Å². The van der Waals surface area contributed by atoms with Crippen molar-refractivity contribution in [3.63, 3.8) is 0 Å². The van der Waals surface area contributed by atoms with Gasteiger partial charge in [0.1, 0.15) is 0 Å². The summed E-state index contributed by atoms with van der Waals surface area (Å²) in [5.74, 6) is -0.382. The number of hydrogen-bond acceptors (Lipinski definition) is 3. The quantitative estimate of drug-likeness (QED) is 0.926. The first-order valence-corrected chi connectivity index (χ1v) is 8.08. The molecule has 1 saturated heterocycles. The molecule has 1 aliphatic rings. The van der Waals surface area contributed by atoms with Gasteiger partial charge in [0.2, 0.25) is 10.0 Å². The fraction of sp³-hybridized carbons (Fsp3) is 0.500. The Kier molecular flexibility index (Phi) is 4.15. The summed E-state index contributed by atoms with van der Waals surface area (Å²) >= 11 is 0. The van der Waals surface area contributed by atoms with E-state index in [-0.39, 0.29) is 10.5 Å². The molecule has 1 N–H and O–H groups in total. The van der Waals surface area contributed by atoms with Crippen LogP contribution in [-0.2, 0) is 10.0 Å². The predicted molar refractivity (Wildman–Crippen MR) is 75.1 cm³/mol. The molecule has 0 unspecified atom stereocenters. The summed E-state index contributed by atoms with van der Waals surface area (Å²) in [4.78, 5) is 10.9. The molecule has 0 saturated carbocycles. The molecule has 0 aromatic heterocycles. The van der Waals surface area contributed by atoms with E-state index in [1.165, 1.54) is 28.6 Å². The molecule has 1 fully saturated rings. The van der Waals surface area contributed by atoms with Gasteiger partial charge in [0.05, 0.1) is 10.5 Å². The van der Waals surface area contributed by atoms with E-state index in [9.17, 15) is 13.2 Å².